The minimum atomic E-state index is -0.0706. The zero-order chi connectivity index (χ0) is 19.1. The zero-order valence-electron chi connectivity index (χ0n) is 15.3. The third-order valence-electron chi connectivity index (χ3n) is 3.77. The first kappa shape index (κ1) is 18.9. The average molecular weight is 383 g/mol. The normalized spacial score (nSPS) is 10.6. The van der Waals surface area contributed by atoms with E-state index in [0.29, 0.717) is 18.3 Å². The van der Waals surface area contributed by atoms with Crippen LogP contribution in [-0.2, 0) is 11.8 Å². The molecular weight excluding hydrogens is 362 g/mol. The summed E-state index contributed by atoms with van der Waals surface area (Å²) in [6.45, 7) is 2.89. The Morgan fingerprint density at radius 3 is 2.93 bits per heavy atom. The second-order valence-electron chi connectivity index (χ2n) is 5.91. The largest absolute Gasteiger partial charge is 0.492 e. The first-order chi connectivity index (χ1) is 13.1. The lowest BCUT2D eigenvalue weighted by Gasteiger charge is -2.08. The number of rotatable bonds is 8. The molecule has 1 aromatic carbocycles. The number of carbonyl (C=O) groups is 1. The summed E-state index contributed by atoms with van der Waals surface area (Å²) in [4.78, 5) is 16.1. The highest BCUT2D eigenvalue weighted by Gasteiger charge is 2.12. The topological polar surface area (TPSA) is 81.9 Å². The van der Waals surface area contributed by atoms with E-state index in [1.807, 2.05) is 54.9 Å². The summed E-state index contributed by atoms with van der Waals surface area (Å²) in [5, 5.41) is 11.9. The highest BCUT2D eigenvalue weighted by Crippen LogP contribution is 2.21. The summed E-state index contributed by atoms with van der Waals surface area (Å²) in [5.41, 5.74) is 2.03. The van der Waals surface area contributed by atoms with Gasteiger partial charge < -0.3 is 14.6 Å². The third-order valence-corrected chi connectivity index (χ3v) is 4.79. The Balaban J connectivity index is 1.42. The van der Waals surface area contributed by atoms with Gasteiger partial charge in [-0.1, -0.05) is 23.9 Å². The molecule has 0 aliphatic heterocycles. The van der Waals surface area contributed by atoms with Gasteiger partial charge in [-0.3, -0.25) is 9.78 Å². The molecule has 7 nitrogen and oxygen atoms in total. The Hall–Kier alpha value is -2.87. The van der Waals surface area contributed by atoms with Crippen molar-refractivity contribution in [2.24, 2.45) is 7.05 Å². The van der Waals surface area contributed by atoms with Crippen LogP contribution < -0.4 is 10.1 Å². The Labute approximate surface area is 162 Å². The predicted octanol–water partition coefficient (Wildman–Crippen LogP) is 2.47. The van der Waals surface area contributed by atoms with Crippen LogP contribution in [0.3, 0.4) is 0 Å². The number of aryl methyl sites for hydroxylation is 1. The van der Waals surface area contributed by atoms with Crippen LogP contribution in [0.1, 0.15) is 5.56 Å². The first-order valence-electron chi connectivity index (χ1n) is 8.52. The number of nitrogens with zero attached hydrogens (tertiary/aromatic N) is 4. The number of thioether (sulfide) groups is 1. The Morgan fingerprint density at radius 2 is 2.15 bits per heavy atom. The standard InChI is InChI=1S/C19H21N5O2S/c1-14-5-3-7-16(11-14)26-10-9-21-17(25)13-27-19-23-22-18(24(19)2)15-6-4-8-20-12-15/h3-8,11-12H,9-10,13H2,1-2H3,(H,21,25). The van der Waals surface area contributed by atoms with E-state index in [-0.39, 0.29) is 11.7 Å². The molecule has 0 saturated heterocycles. The summed E-state index contributed by atoms with van der Waals surface area (Å²) < 4.78 is 7.47. The molecule has 0 aliphatic carbocycles. The fourth-order valence-electron chi connectivity index (χ4n) is 2.43. The summed E-state index contributed by atoms with van der Waals surface area (Å²) >= 11 is 1.34. The molecule has 0 spiro atoms. The van der Waals surface area contributed by atoms with Crippen molar-refractivity contribution < 1.29 is 9.53 Å². The lowest BCUT2D eigenvalue weighted by atomic mass is 10.2. The van der Waals surface area contributed by atoms with E-state index in [2.05, 4.69) is 20.5 Å². The van der Waals surface area contributed by atoms with Crippen LogP contribution in [0.2, 0.25) is 0 Å². The van der Waals surface area contributed by atoms with Gasteiger partial charge in [-0.05, 0) is 36.8 Å². The van der Waals surface area contributed by atoms with E-state index in [1.165, 1.54) is 11.8 Å². The van der Waals surface area contributed by atoms with E-state index >= 15 is 0 Å². The lowest BCUT2D eigenvalue weighted by Crippen LogP contribution is -2.29. The Bertz CT molecular complexity index is 898. The number of carbonyl (C=O) groups excluding carboxylic acids is 1. The summed E-state index contributed by atoms with van der Waals surface area (Å²) in [5.74, 6) is 1.72. The van der Waals surface area contributed by atoms with E-state index in [9.17, 15) is 4.79 Å². The third kappa shape index (κ3) is 5.30. The van der Waals surface area contributed by atoms with Crippen LogP contribution in [0.4, 0.5) is 0 Å². The molecule has 0 unspecified atom stereocenters. The van der Waals surface area contributed by atoms with Crippen molar-refractivity contribution in [2.45, 2.75) is 12.1 Å². The highest BCUT2D eigenvalue weighted by molar-refractivity contribution is 7.99. The van der Waals surface area contributed by atoms with Gasteiger partial charge in [0.1, 0.15) is 12.4 Å². The molecule has 0 atom stereocenters. The SMILES string of the molecule is Cc1cccc(OCCNC(=O)CSc2nnc(-c3cccnc3)n2C)c1. The number of hydrogen-bond donors (Lipinski definition) is 1. The Morgan fingerprint density at radius 1 is 1.26 bits per heavy atom. The van der Waals surface area contributed by atoms with Crippen molar-refractivity contribution in [2.75, 3.05) is 18.9 Å². The van der Waals surface area contributed by atoms with E-state index in [1.54, 1.807) is 12.4 Å². The molecule has 3 aromatic rings. The molecule has 1 amide bonds. The molecule has 27 heavy (non-hydrogen) atoms. The van der Waals surface area contributed by atoms with Crippen molar-refractivity contribution in [3.8, 4) is 17.1 Å². The van der Waals surface area contributed by atoms with Gasteiger partial charge in [0, 0.05) is 25.0 Å². The second-order valence-corrected chi connectivity index (χ2v) is 6.85. The molecule has 1 N–H and O–H groups in total. The van der Waals surface area contributed by atoms with Gasteiger partial charge in [-0.25, -0.2) is 0 Å². The number of nitrogens with one attached hydrogen (secondary N) is 1. The van der Waals surface area contributed by atoms with Crippen LogP contribution in [0, 0.1) is 6.92 Å². The molecular formula is C19H21N5O2S. The van der Waals surface area contributed by atoms with Crippen LogP contribution >= 0.6 is 11.8 Å². The summed E-state index contributed by atoms with van der Waals surface area (Å²) in [6, 6.07) is 11.6. The molecule has 0 saturated carbocycles. The van der Waals surface area contributed by atoms with Crippen molar-refractivity contribution in [3.05, 3.63) is 54.4 Å². The zero-order valence-corrected chi connectivity index (χ0v) is 16.1. The maximum atomic E-state index is 12.0. The predicted molar refractivity (Wildman–Crippen MR) is 105 cm³/mol. The van der Waals surface area contributed by atoms with Gasteiger partial charge in [-0.15, -0.1) is 10.2 Å². The number of ether oxygens (including phenoxy) is 1. The van der Waals surface area contributed by atoms with Gasteiger partial charge in [0.05, 0.1) is 12.3 Å². The van der Waals surface area contributed by atoms with Gasteiger partial charge in [0.25, 0.3) is 0 Å². The molecule has 2 heterocycles. The van der Waals surface area contributed by atoms with Crippen LogP contribution in [-0.4, -0.2) is 44.6 Å². The number of hydrogen-bond acceptors (Lipinski definition) is 6. The van der Waals surface area contributed by atoms with E-state index in [0.717, 1.165) is 22.7 Å². The fourth-order valence-corrected chi connectivity index (χ4v) is 3.17. The van der Waals surface area contributed by atoms with Crippen molar-refractivity contribution in [3.63, 3.8) is 0 Å². The maximum Gasteiger partial charge on any atom is 0.230 e. The summed E-state index contributed by atoms with van der Waals surface area (Å²) in [6.07, 6.45) is 3.45. The number of pyridine rings is 1. The monoisotopic (exact) mass is 383 g/mol. The van der Waals surface area contributed by atoms with Crippen LogP contribution in [0.25, 0.3) is 11.4 Å². The molecule has 3 rings (SSSR count). The lowest BCUT2D eigenvalue weighted by molar-refractivity contribution is -0.118. The maximum absolute atomic E-state index is 12.0. The quantitative estimate of drug-likeness (QED) is 0.475. The van der Waals surface area contributed by atoms with Crippen molar-refractivity contribution >= 4 is 17.7 Å². The Kier molecular flexibility index (Phi) is 6.43. The smallest absolute Gasteiger partial charge is 0.230 e. The van der Waals surface area contributed by atoms with Gasteiger partial charge >= 0.3 is 0 Å². The van der Waals surface area contributed by atoms with Gasteiger partial charge in [0.2, 0.25) is 5.91 Å². The molecule has 0 radical (unpaired) electrons. The molecule has 0 fully saturated rings. The van der Waals surface area contributed by atoms with E-state index in [4.69, 9.17) is 4.74 Å². The molecule has 140 valence electrons. The molecule has 0 bridgehead atoms. The minimum absolute atomic E-state index is 0.0706. The average Bonchev–Trinajstić information content (AvgIpc) is 3.05. The number of amides is 1. The number of aromatic nitrogens is 4. The molecule has 2 aromatic heterocycles. The number of benzene rings is 1. The van der Waals surface area contributed by atoms with Gasteiger partial charge in [0.15, 0.2) is 11.0 Å². The molecule has 8 heteroatoms. The summed E-state index contributed by atoms with van der Waals surface area (Å²) in [7, 11) is 1.87. The van der Waals surface area contributed by atoms with E-state index < -0.39 is 0 Å². The van der Waals surface area contributed by atoms with Crippen LogP contribution in [0.15, 0.2) is 53.9 Å². The fraction of sp³-hybridized carbons (Fsp3) is 0.263. The van der Waals surface area contributed by atoms with Crippen molar-refractivity contribution in [1.29, 1.82) is 0 Å². The van der Waals surface area contributed by atoms with Crippen LogP contribution in [0.5, 0.6) is 5.75 Å². The van der Waals surface area contributed by atoms with Crippen molar-refractivity contribution in [1.82, 2.24) is 25.1 Å². The highest BCUT2D eigenvalue weighted by atomic mass is 32.2. The van der Waals surface area contributed by atoms with Gasteiger partial charge in [-0.2, -0.15) is 0 Å². The minimum Gasteiger partial charge on any atom is -0.492 e. The first-order valence-corrected chi connectivity index (χ1v) is 9.51. The molecule has 0 aliphatic rings. The second kappa shape index (κ2) is 9.18.